The molecule has 0 heterocycles. The summed E-state index contributed by atoms with van der Waals surface area (Å²) in [6.07, 6.45) is -80.6. The van der Waals surface area contributed by atoms with E-state index < -0.39 is 93.6 Å². The zero-order valence-electron chi connectivity index (χ0n) is 19.7. The number of hydrogen-bond acceptors (Lipinski definition) is 6. The van der Waals surface area contributed by atoms with Gasteiger partial charge in [-0.2, -0.15) is 92.2 Å². The van der Waals surface area contributed by atoms with E-state index in [4.69, 9.17) is 0 Å². The Bertz CT molecular complexity index is 879. The molecule has 0 aliphatic carbocycles. The molecule has 272 valence electrons. The SMILES string of the molecule is FC(OC(F)(F)C(F)(F)F)C(F)(F)OCC(COC(F)(F)C(F)OC(F)(F)C(F)(F)F)OC(F)(F)C(F)OC(F)(F)C(F)(F)F. The molecule has 0 fully saturated rings. The fourth-order valence-corrected chi connectivity index (χ4v) is 1.73. The first-order valence-electron chi connectivity index (χ1n) is 9.80. The lowest BCUT2D eigenvalue weighted by Gasteiger charge is -2.31. The minimum absolute atomic E-state index is 1.99. The molecule has 3 atom stereocenters. The van der Waals surface area contributed by atoms with Gasteiger partial charge in [0.1, 0.15) is 6.10 Å². The highest BCUT2D eigenvalue weighted by atomic mass is 19.4. The first-order valence-corrected chi connectivity index (χ1v) is 9.80. The van der Waals surface area contributed by atoms with Crippen LogP contribution in [0.1, 0.15) is 0 Å². The van der Waals surface area contributed by atoms with Crippen LogP contribution in [-0.2, 0) is 28.4 Å². The van der Waals surface area contributed by atoms with Crippen molar-refractivity contribution in [1.29, 1.82) is 0 Å². The van der Waals surface area contributed by atoms with Gasteiger partial charge in [-0.15, -0.1) is 0 Å². The maximum atomic E-state index is 13.7. The van der Waals surface area contributed by atoms with Crippen molar-refractivity contribution in [3.63, 3.8) is 0 Å². The molecule has 0 saturated carbocycles. The predicted octanol–water partition coefficient (Wildman–Crippen LogP) is 7.59. The molecule has 0 aromatic heterocycles. The number of rotatable bonds is 17. The molecule has 0 saturated heterocycles. The minimum atomic E-state index is -7.01. The lowest BCUT2D eigenvalue weighted by atomic mass is 10.4. The maximum absolute atomic E-state index is 13.7. The van der Waals surface area contributed by atoms with E-state index in [0.29, 0.717) is 0 Å². The molecule has 0 aromatic carbocycles. The van der Waals surface area contributed by atoms with Gasteiger partial charge in [-0.05, 0) is 0 Å². The molecular weight excluding hydrogens is 732 g/mol. The highest BCUT2D eigenvalue weighted by Crippen LogP contribution is 2.43. The first-order chi connectivity index (χ1) is 19.4. The van der Waals surface area contributed by atoms with Gasteiger partial charge in [0.05, 0.1) is 13.2 Å². The predicted molar refractivity (Wildman–Crippen MR) is 82.6 cm³/mol. The molecule has 30 heteroatoms. The van der Waals surface area contributed by atoms with Crippen LogP contribution in [0.2, 0.25) is 0 Å². The number of halogens is 24. The Morgan fingerprint density at radius 3 is 0.778 bits per heavy atom. The summed E-state index contributed by atoms with van der Waals surface area (Å²) in [6, 6.07) is 0. The summed E-state index contributed by atoms with van der Waals surface area (Å²) in [7, 11) is 0. The van der Waals surface area contributed by atoms with Crippen molar-refractivity contribution in [1.82, 2.24) is 0 Å². The standard InChI is InChI=1S/C15H8F24O6/c16-4(43-13(34,35)10(25,26)27)7(19,20)40-1-3(42-9(23,24)6(18)45-15(38,39)12(31,32)33)2-41-8(21,22)5(17)44-14(36,37)11(28,29)30/h3-6H,1-2H2. The topological polar surface area (TPSA) is 55.4 Å². The van der Waals surface area contributed by atoms with Crippen LogP contribution in [0.3, 0.4) is 0 Å². The van der Waals surface area contributed by atoms with Gasteiger partial charge in [-0.25, -0.2) is 13.2 Å². The van der Waals surface area contributed by atoms with E-state index >= 15 is 0 Å². The van der Waals surface area contributed by atoms with Crippen LogP contribution in [0.5, 0.6) is 0 Å². The summed E-state index contributed by atoms with van der Waals surface area (Å²) >= 11 is 0. The molecule has 0 N–H and O–H groups in total. The zero-order chi connectivity index (χ0) is 36.5. The Kier molecular flexibility index (Phi) is 13.1. The fraction of sp³-hybridized carbons (Fsp3) is 1.00. The Labute approximate surface area is 229 Å². The summed E-state index contributed by atoms with van der Waals surface area (Å²) in [4.78, 5) is 0. The molecule has 0 bridgehead atoms. The van der Waals surface area contributed by atoms with Gasteiger partial charge in [0, 0.05) is 0 Å². The molecular formula is C15H8F24O6. The lowest BCUT2D eigenvalue weighted by molar-refractivity contribution is -0.464. The van der Waals surface area contributed by atoms with E-state index in [1.54, 1.807) is 0 Å². The second kappa shape index (κ2) is 13.7. The van der Waals surface area contributed by atoms with E-state index in [9.17, 15) is 105 Å². The van der Waals surface area contributed by atoms with Crippen LogP contribution in [0.4, 0.5) is 105 Å². The van der Waals surface area contributed by atoms with Crippen molar-refractivity contribution in [2.45, 2.75) is 80.4 Å². The summed E-state index contributed by atoms with van der Waals surface area (Å²) in [5.74, 6) is 0. The molecule has 0 aliphatic rings. The lowest BCUT2D eigenvalue weighted by Crippen LogP contribution is -2.51. The van der Waals surface area contributed by atoms with Crippen molar-refractivity contribution >= 4 is 0 Å². The first kappa shape index (κ1) is 43.1. The van der Waals surface area contributed by atoms with Crippen LogP contribution < -0.4 is 0 Å². The van der Waals surface area contributed by atoms with Crippen LogP contribution in [-0.4, -0.2) is 93.6 Å². The largest absolute Gasteiger partial charge is 0.483 e. The van der Waals surface area contributed by atoms with Crippen LogP contribution >= 0.6 is 0 Å². The third-order valence-corrected chi connectivity index (χ3v) is 3.78. The Hall–Kier alpha value is -1.92. The van der Waals surface area contributed by atoms with Gasteiger partial charge < -0.3 is 14.2 Å². The van der Waals surface area contributed by atoms with Crippen molar-refractivity contribution < 1.29 is 134 Å². The van der Waals surface area contributed by atoms with Crippen LogP contribution in [0.15, 0.2) is 0 Å². The summed E-state index contributed by atoms with van der Waals surface area (Å²) in [5, 5.41) is 0. The Morgan fingerprint density at radius 1 is 0.333 bits per heavy atom. The van der Waals surface area contributed by atoms with Gasteiger partial charge in [-0.3, -0.25) is 14.2 Å². The number of ether oxygens (including phenoxy) is 6. The molecule has 0 aromatic rings. The maximum Gasteiger partial charge on any atom is 0.483 e. The summed E-state index contributed by atoms with van der Waals surface area (Å²) in [5.41, 5.74) is 0. The highest BCUT2D eigenvalue weighted by molar-refractivity contribution is 4.74. The molecule has 0 rings (SSSR count). The van der Waals surface area contributed by atoms with E-state index in [1.165, 1.54) is 0 Å². The molecule has 0 spiro atoms. The number of hydrogen-bond donors (Lipinski definition) is 0. The molecule has 6 nitrogen and oxygen atoms in total. The second-order valence-corrected chi connectivity index (χ2v) is 7.39. The van der Waals surface area contributed by atoms with E-state index in [-0.39, 0.29) is 0 Å². The summed E-state index contributed by atoms with van der Waals surface area (Å²) < 4.78 is 319. The normalized spacial score (nSPS) is 18.1. The van der Waals surface area contributed by atoms with Gasteiger partial charge in [0.15, 0.2) is 0 Å². The Balaban J connectivity index is 6.10. The highest BCUT2D eigenvalue weighted by Gasteiger charge is 2.66. The fourth-order valence-electron chi connectivity index (χ4n) is 1.73. The van der Waals surface area contributed by atoms with E-state index in [0.717, 1.165) is 0 Å². The van der Waals surface area contributed by atoms with E-state index in [1.807, 2.05) is 14.2 Å². The van der Waals surface area contributed by atoms with Crippen molar-refractivity contribution in [2.75, 3.05) is 13.2 Å². The van der Waals surface area contributed by atoms with Crippen LogP contribution in [0.25, 0.3) is 0 Å². The second-order valence-electron chi connectivity index (χ2n) is 7.39. The smallest absolute Gasteiger partial charge is 0.313 e. The molecule has 0 amide bonds. The van der Waals surface area contributed by atoms with Gasteiger partial charge in [0.2, 0.25) is 0 Å². The molecule has 3 unspecified atom stereocenters. The van der Waals surface area contributed by atoms with E-state index in [2.05, 4.69) is 14.2 Å². The zero-order valence-corrected chi connectivity index (χ0v) is 19.7. The monoisotopic (exact) mass is 740 g/mol. The molecule has 0 radical (unpaired) electrons. The number of alkyl halides is 24. The van der Waals surface area contributed by atoms with Gasteiger partial charge in [0.25, 0.3) is 19.1 Å². The third-order valence-electron chi connectivity index (χ3n) is 3.78. The van der Waals surface area contributed by atoms with Crippen molar-refractivity contribution in [2.24, 2.45) is 0 Å². The third kappa shape index (κ3) is 12.0. The molecule has 45 heavy (non-hydrogen) atoms. The van der Waals surface area contributed by atoms with Crippen LogP contribution in [0, 0.1) is 0 Å². The Morgan fingerprint density at radius 2 is 0.556 bits per heavy atom. The quantitative estimate of drug-likeness (QED) is 0.144. The van der Waals surface area contributed by atoms with Crippen molar-refractivity contribution in [3.05, 3.63) is 0 Å². The minimum Gasteiger partial charge on any atom is -0.313 e. The summed E-state index contributed by atoms with van der Waals surface area (Å²) in [6.45, 7) is -6.03. The average Bonchev–Trinajstić information content (AvgIpc) is 2.77. The average molecular weight is 740 g/mol. The van der Waals surface area contributed by atoms with Gasteiger partial charge >= 0.3 is 55.2 Å². The van der Waals surface area contributed by atoms with Gasteiger partial charge in [-0.1, -0.05) is 0 Å². The van der Waals surface area contributed by atoms with Crippen molar-refractivity contribution in [3.8, 4) is 0 Å². The molecule has 0 aliphatic heterocycles.